The third-order valence-corrected chi connectivity index (χ3v) is 3.54. The molecule has 0 spiro atoms. The molecule has 2 aromatic heterocycles. The molecular formula is C14H18N4O. The SMILES string of the molecule is c1cc(Cc2noc(CC3CCNCC3)n2)ccn1. The highest BCUT2D eigenvalue weighted by atomic mass is 16.5. The average molecular weight is 258 g/mol. The Balaban J connectivity index is 1.59. The minimum atomic E-state index is 0.676. The molecule has 5 nitrogen and oxygen atoms in total. The Bertz CT molecular complexity index is 505. The van der Waals surface area contributed by atoms with Crippen LogP contribution in [0.1, 0.15) is 30.1 Å². The van der Waals surface area contributed by atoms with Crippen molar-refractivity contribution >= 4 is 0 Å². The third kappa shape index (κ3) is 3.38. The van der Waals surface area contributed by atoms with Gasteiger partial charge < -0.3 is 9.84 Å². The van der Waals surface area contributed by atoms with E-state index in [2.05, 4.69) is 20.4 Å². The molecule has 3 heterocycles. The van der Waals surface area contributed by atoms with Crippen LogP contribution in [-0.2, 0) is 12.8 Å². The quantitative estimate of drug-likeness (QED) is 0.902. The second kappa shape index (κ2) is 5.93. The van der Waals surface area contributed by atoms with E-state index in [4.69, 9.17) is 4.52 Å². The second-order valence-corrected chi connectivity index (χ2v) is 5.03. The van der Waals surface area contributed by atoms with Gasteiger partial charge in [0.1, 0.15) is 0 Å². The molecule has 0 atom stereocenters. The fourth-order valence-corrected chi connectivity index (χ4v) is 2.46. The highest BCUT2D eigenvalue weighted by molar-refractivity contribution is 5.14. The van der Waals surface area contributed by atoms with Gasteiger partial charge in [0.25, 0.3) is 0 Å². The van der Waals surface area contributed by atoms with Crippen LogP contribution in [0.25, 0.3) is 0 Å². The van der Waals surface area contributed by atoms with Crippen molar-refractivity contribution in [3.05, 3.63) is 41.8 Å². The Morgan fingerprint density at radius 1 is 1.21 bits per heavy atom. The van der Waals surface area contributed by atoms with Gasteiger partial charge in [0.05, 0.1) is 0 Å². The van der Waals surface area contributed by atoms with E-state index >= 15 is 0 Å². The summed E-state index contributed by atoms with van der Waals surface area (Å²) in [7, 11) is 0. The normalized spacial score (nSPS) is 16.6. The van der Waals surface area contributed by atoms with E-state index in [0.717, 1.165) is 36.8 Å². The van der Waals surface area contributed by atoms with Gasteiger partial charge in [-0.25, -0.2) is 0 Å². The summed E-state index contributed by atoms with van der Waals surface area (Å²) in [6.07, 6.45) is 7.57. The molecule has 0 aliphatic carbocycles. The molecule has 0 saturated carbocycles. The second-order valence-electron chi connectivity index (χ2n) is 5.03. The first-order chi connectivity index (χ1) is 9.40. The van der Waals surface area contributed by atoms with Crippen LogP contribution >= 0.6 is 0 Å². The van der Waals surface area contributed by atoms with E-state index in [1.54, 1.807) is 12.4 Å². The number of pyridine rings is 1. The number of aromatic nitrogens is 3. The van der Waals surface area contributed by atoms with Crippen LogP contribution in [0.3, 0.4) is 0 Å². The van der Waals surface area contributed by atoms with Crippen molar-refractivity contribution in [3.8, 4) is 0 Å². The minimum absolute atomic E-state index is 0.676. The Kier molecular flexibility index (Phi) is 3.83. The summed E-state index contributed by atoms with van der Waals surface area (Å²) in [6, 6.07) is 3.95. The molecule has 3 rings (SSSR count). The lowest BCUT2D eigenvalue weighted by Gasteiger charge is -2.20. The summed E-state index contributed by atoms with van der Waals surface area (Å²) in [5, 5.41) is 7.42. The van der Waals surface area contributed by atoms with Gasteiger partial charge in [0.2, 0.25) is 5.89 Å². The van der Waals surface area contributed by atoms with Gasteiger partial charge >= 0.3 is 0 Å². The van der Waals surface area contributed by atoms with Gasteiger partial charge in [-0.05, 0) is 49.5 Å². The van der Waals surface area contributed by atoms with Crippen molar-refractivity contribution in [2.45, 2.75) is 25.7 Å². The Morgan fingerprint density at radius 2 is 2.00 bits per heavy atom. The molecule has 0 aromatic carbocycles. The zero-order valence-corrected chi connectivity index (χ0v) is 10.9. The molecule has 5 heteroatoms. The molecule has 1 N–H and O–H groups in total. The van der Waals surface area contributed by atoms with Crippen molar-refractivity contribution in [2.24, 2.45) is 5.92 Å². The van der Waals surface area contributed by atoms with Crippen molar-refractivity contribution < 1.29 is 4.52 Å². The Hall–Kier alpha value is -1.75. The number of nitrogens with zero attached hydrogens (tertiary/aromatic N) is 3. The van der Waals surface area contributed by atoms with Crippen molar-refractivity contribution in [2.75, 3.05) is 13.1 Å². The Labute approximate surface area is 112 Å². The first kappa shape index (κ1) is 12.3. The van der Waals surface area contributed by atoms with E-state index in [9.17, 15) is 0 Å². The highest BCUT2D eigenvalue weighted by Crippen LogP contribution is 2.17. The number of piperidine rings is 1. The number of hydrogen-bond donors (Lipinski definition) is 1. The monoisotopic (exact) mass is 258 g/mol. The molecule has 2 aromatic rings. The third-order valence-electron chi connectivity index (χ3n) is 3.54. The molecular weight excluding hydrogens is 240 g/mol. The van der Waals surface area contributed by atoms with E-state index in [1.165, 1.54) is 12.8 Å². The van der Waals surface area contributed by atoms with Gasteiger partial charge in [-0.2, -0.15) is 4.98 Å². The van der Waals surface area contributed by atoms with Crippen LogP contribution in [0.4, 0.5) is 0 Å². The molecule has 19 heavy (non-hydrogen) atoms. The largest absolute Gasteiger partial charge is 0.339 e. The molecule has 0 bridgehead atoms. The molecule has 1 aliphatic rings. The summed E-state index contributed by atoms with van der Waals surface area (Å²) in [5.41, 5.74) is 1.16. The minimum Gasteiger partial charge on any atom is -0.339 e. The van der Waals surface area contributed by atoms with E-state index in [-0.39, 0.29) is 0 Å². The predicted molar refractivity (Wildman–Crippen MR) is 70.6 cm³/mol. The fourth-order valence-electron chi connectivity index (χ4n) is 2.46. The summed E-state index contributed by atoms with van der Waals surface area (Å²) in [6.45, 7) is 2.20. The standard InChI is InChI=1S/C14H18N4O/c1-5-15-6-2-11(1)9-13-17-14(19-18-13)10-12-3-7-16-8-4-12/h1-2,5-6,12,16H,3-4,7-10H2. The summed E-state index contributed by atoms with van der Waals surface area (Å²) >= 11 is 0. The molecule has 100 valence electrons. The van der Waals surface area contributed by atoms with Gasteiger partial charge in [-0.1, -0.05) is 5.16 Å². The predicted octanol–water partition coefficient (Wildman–Crippen LogP) is 1.60. The van der Waals surface area contributed by atoms with Crippen LogP contribution in [0.2, 0.25) is 0 Å². The Morgan fingerprint density at radius 3 is 2.79 bits per heavy atom. The molecule has 0 radical (unpaired) electrons. The number of nitrogens with one attached hydrogen (secondary N) is 1. The molecule has 1 saturated heterocycles. The summed E-state index contributed by atoms with van der Waals surface area (Å²) in [5.74, 6) is 2.21. The van der Waals surface area contributed by atoms with E-state index in [1.807, 2.05) is 12.1 Å². The molecule has 0 unspecified atom stereocenters. The first-order valence-corrected chi connectivity index (χ1v) is 6.81. The van der Waals surface area contributed by atoms with Gasteiger partial charge in [-0.3, -0.25) is 4.98 Å². The maximum Gasteiger partial charge on any atom is 0.226 e. The molecule has 0 amide bonds. The van der Waals surface area contributed by atoms with E-state index in [0.29, 0.717) is 12.3 Å². The zero-order valence-electron chi connectivity index (χ0n) is 10.9. The maximum atomic E-state index is 5.34. The summed E-state index contributed by atoms with van der Waals surface area (Å²) in [4.78, 5) is 8.48. The van der Waals surface area contributed by atoms with Crippen LogP contribution < -0.4 is 5.32 Å². The zero-order chi connectivity index (χ0) is 12.9. The average Bonchev–Trinajstić information content (AvgIpc) is 2.88. The molecule has 1 fully saturated rings. The van der Waals surface area contributed by atoms with Crippen molar-refractivity contribution in [1.29, 1.82) is 0 Å². The lowest BCUT2D eigenvalue weighted by atomic mass is 9.95. The van der Waals surface area contributed by atoms with Crippen LogP contribution in [-0.4, -0.2) is 28.2 Å². The van der Waals surface area contributed by atoms with E-state index < -0.39 is 0 Å². The summed E-state index contributed by atoms with van der Waals surface area (Å²) < 4.78 is 5.34. The van der Waals surface area contributed by atoms with Gasteiger partial charge in [0.15, 0.2) is 5.82 Å². The lowest BCUT2D eigenvalue weighted by molar-refractivity contribution is 0.312. The van der Waals surface area contributed by atoms with Crippen molar-refractivity contribution in [1.82, 2.24) is 20.4 Å². The fraction of sp³-hybridized carbons (Fsp3) is 0.500. The smallest absolute Gasteiger partial charge is 0.226 e. The van der Waals surface area contributed by atoms with Gasteiger partial charge in [-0.15, -0.1) is 0 Å². The van der Waals surface area contributed by atoms with Crippen LogP contribution in [0.15, 0.2) is 29.0 Å². The topological polar surface area (TPSA) is 63.8 Å². The van der Waals surface area contributed by atoms with Crippen molar-refractivity contribution in [3.63, 3.8) is 0 Å². The number of hydrogen-bond acceptors (Lipinski definition) is 5. The first-order valence-electron chi connectivity index (χ1n) is 6.81. The van der Waals surface area contributed by atoms with Crippen LogP contribution in [0, 0.1) is 5.92 Å². The van der Waals surface area contributed by atoms with Crippen LogP contribution in [0.5, 0.6) is 0 Å². The highest BCUT2D eigenvalue weighted by Gasteiger charge is 2.17. The lowest BCUT2D eigenvalue weighted by Crippen LogP contribution is -2.28. The maximum absolute atomic E-state index is 5.34. The van der Waals surface area contributed by atoms with Gasteiger partial charge in [0, 0.05) is 25.2 Å². The number of rotatable bonds is 4. The molecule has 1 aliphatic heterocycles.